The van der Waals surface area contributed by atoms with Gasteiger partial charge in [-0.3, -0.25) is 14.8 Å². The number of piperazine rings is 1. The molecule has 0 saturated carbocycles. The first-order valence-electron chi connectivity index (χ1n) is 8.22. The van der Waals surface area contributed by atoms with Crippen molar-refractivity contribution in [2.45, 2.75) is 38.5 Å². The first-order chi connectivity index (χ1) is 10.8. The van der Waals surface area contributed by atoms with Crippen LogP contribution in [-0.2, 0) is 13.1 Å². The SMILES string of the molecule is Cc1ccccc1CN1CC2CC1CN2Cc1ccccn1. The molecule has 2 atom stereocenters. The number of nitrogens with zero attached hydrogens (tertiary/aromatic N) is 3. The van der Waals surface area contributed by atoms with Crippen LogP contribution in [-0.4, -0.2) is 40.0 Å². The predicted octanol–water partition coefficient (Wildman–Crippen LogP) is 2.85. The fraction of sp³-hybridized carbons (Fsp3) is 0.421. The van der Waals surface area contributed by atoms with Gasteiger partial charge in [0, 0.05) is 44.5 Å². The number of pyridine rings is 1. The molecule has 1 aromatic carbocycles. The zero-order chi connectivity index (χ0) is 14.9. The molecular formula is C19H23N3. The summed E-state index contributed by atoms with van der Waals surface area (Å²) >= 11 is 0. The van der Waals surface area contributed by atoms with E-state index >= 15 is 0 Å². The number of benzene rings is 1. The third kappa shape index (κ3) is 2.67. The molecule has 1 aromatic heterocycles. The van der Waals surface area contributed by atoms with E-state index in [2.05, 4.69) is 58.1 Å². The van der Waals surface area contributed by atoms with Gasteiger partial charge < -0.3 is 0 Å². The monoisotopic (exact) mass is 293 g/mol. The average molecular weight is 293 g/mol. The molecule has 3 heteroatoms. The summed E-state index contributed by atoms with van der Waals surface area (Å²) in [4.78, 5) is 9.75. The number of hydrogen-bond acceptors (Lipinski definition) is 3. The molecule has 0 aliphatic carbocycles. The van der Waals surface area contributed by atoms with E-state index in [1.165, 1.54) is 36.3 Å². The van der Waals surface area contributed by atoms with Crippen LogP contribution in [0.15, 0.2) is 48.7 Å². The molecule has 4 rings (SSSR count). The molecule has 22 heavy (non-hydrogen) atoms. The summed E-state index contributed by atoms with van der Waals surface area (Å²) < 4.78 is 0. The molecule has 3 nitrogen and oxygen atoms in total. The van der Waals surface area contributed by atoms with Crippen molar-refractivity contribution in [2.24, 2.45) is 0 Å². The minimum Gasteiger partial charge on any atom is -0.293 e. The quantitative estimate of drug-likeness (QED) is 0.864. The molecule has 2 aromatic rings. The van der Waals surface area contributed by atoms with E-state index in [-0.39, 0.29) is 0 Å². The largest absolute Gasteiger partial charge is 0.293 e. The highest BCUT2D eigenvalue weighted by molar-refractivity contribution is 5.26. The van der Waals surface area contributed by atoms with E-state index in [9.17, 15) is 0 Å². The molecule has 2 aliphatic heterocycles. The zero-order valence-electron chi connectivity index (χ0n) is 13.2. The maximum Gasteiger partial charge on any atom is 0.0544 e. The van der Waals surface area contributed by atoms with Gasteiger partial charge >= 0.3 is 0 Å². The lowest BCUT2D eigenvalue weighted by Gasteiger charge is -2.34. The molecule has 0 amide bonds. The van der Waals surface area contributed by atoms with Gasteiger partial charge in [-0.2, -0.15) is 0 Å². The highest BCUT2D eigenvalue weighted by Gasteiger charge is 2.42. The second kappa shape index (κ2) is 5.82. The molecule has 2 bridgehead atoms. The van der Waals surface area contributed by atoms with Gasteiger partial charge in [0.25, 0.3) is 0 Å². The Kier molecular flexibility index (Phi) is 3.68. The van der Waals surface area contributed by atoms with Gasteiger partial charge in [0.2, 0.25) is 0 Å². The number of rotatable bonds is 4. The van der Waals surface area contributed by atoms with Gasteiger partial charge in [-0.05, 0) is 36.6 Å². The van der Waals surface area contributed by atoms with Crippen molar-refractivity contribution in [3.8, 4) is 0 Å². The van der Waals surface area contributed by atoms with Crippen LogP contribution in [0.5, 0.6) is 0 Å². The molecule has 0 spiro atoms. The van der Waals surface area contributed by atoms with Gasteiger partial charge in [-0.25, -0.2) is 0 Å². The van der Waals surface area contributed by atoms with Crippen LogP contribution >= 0.6 is 0 Å². The summed E-state index contributed by atoms with van der Waals surface area (Å²) in [6, 6.07) is 16.4. The van der Waals surface area contributed by atoms with E-state index in [0.29, 0.717) is 12.1 Å². The number of hydrogen-bond donors (Lipinski definition) is 0. The minimum atomic E-state index is 0.705. The van der Waals surface area contributed by atoms with E-state index in [0.717, 1.165) is 13.1 Å². The maximum atomic E-state index is 4.47. The van der Waals surface area contributed by atoms with E-state index in [1.807, 2.05) is 12.3 Å². The molecule has 0 N–H and O–H groups in total. The topological polar surface area (TPSA) is 19.4 Å². The molecule has 3 heterocycles. The van der Waals surface area contributed by atoms with Crippen LogP contribution in [0, 0.1) is 6.92 Å². The molecule has 2 fully saturated rings. The Hall–Kier alpha value is -1.71. The lowest BCUT2D eigenvalue weighted by Crippen LogP contribution is -2.45. The van der Waals surface area contributed by atoms with Gasteiger partial charge in [0.15, 0.2) is 0 Å². The van der Waals surface area contributed by atoms with Crippen molar-refractivity contribution in [1.29, 1.82) is 0 Å². The maximum absolute atomic E-state index is 4.47. The third-order valence-electron chi connectivity index (χ3n) is 5.19. The minimum absolute atomic E-state index is 0.705. The van der Waals surface area contributed by atoms with E-state index in [4.69, 9.17) is 0 Å². The van der Waals surface area contributed by atoms with Crippen LogP contribution in [0.25, 0.3) is 0 Å². The average Bonchev–Trinajstić information content (AvgIpc) is 3.10. The Bertz CT molecular complexity index is 640. The standard InChI is InChI=1S/C19H23N3/c1-15-6-2-3-7-16(15)11-21-13-19-10-18(21)14-22(19)12-17-8-4-5-9-20-17/h2-9,18-19H,10-14H2,1H3. The number of likely N-dealkylation sites (tertiary alicyclic amines) is 2. The van der Waals surface area contributed by atoms with E-state index < -0.39 is 0 Å². The molecule has 0 radical (unpaired) electrons. The highest BCUT2D eigenvalue weighted by atomic mass is 15.3. The highest BCUT2D eigenvalue weighted by Crippen LogP contribution is 2.32. The van der Waals surface area contributed by atoms with Crippen molar-refractivity contribution < 1.29 is 0 Å². The molecule has 114 valence electrons. The van der Waals surface area contributed by atoms with Crippen molar-refractivity contribution in [2.75, 3.05) is 13.1 Å². The normalized spacial score (nSPS) is 25.0. The number of fused-ring (bicyclic) bond motifs is 2. The van der Waals surface area contributed by atoms with Crippen LogP contribution in [0.2, 0.25) is 0 Å². The summed E-state index contributed by atoms with van der Waals surface area (Å²) in [6.45, 7) is 6.71. The summed E-state index contributed by atoms with van der Waals surface area (Å²) in [5.74, 6) is 0. The molecular weight excluding hydrogens is 270 g/mol. The first kappa shape index (κ1) is 13.9. The third-order valence-corrected chi connectivity index (χ3v) is 5.19. The van der Waals surface area contributed by atoms with E-state index in [1.54, 1.807) is 0 Å². The van der Waals surface area contributed by atoms with Gasteiger partial charge in [0.1, 0.15) is 0 Å². The second-order valence-corrected chi connectivity index (χ2v) is 6.65. The lowest BCUT2D eigenvalue weighted by molar-refractivity contribution is 0.117. The van der Waals surface area contributed by atoms with Crippen LogP contribution in [0.3, 0.4) is 0 Å². The van der Waals surface area contributed by atoms with Gasteiger partial charge in [0.05, 0.1) is 5.69 Å². The Balaban J connectivity index is 1.39. The Morgan fingerprint density at radius 2 is 1.68 bits per heavy atom. The molecule has 2 aliphatic rings. The fourth-order valence-corrected chi connectivity index (χ4v) is 3.93. The first-order valence-corrected chi connectivity index (χ1v) is 8.22. The van der Waals surface area contributed by atoms with Crippen molar-refractivity contribution >= 4 is 0 Å². The zero-order valence-corrected chi connectivity index (χ0v) is 13.2. The van der Waals surface area contributed by atoms with Crippen LogP contribution in [0.4, 0.5) is 0 Å². The summed E-state index contributed by atoms with van der Waals surface area (Å²) in [6.07, 6.45) is 3.22. The second-order valence-electron chi connectivity index (χ2n) is 6.65. The Morgan fingerprint density at radius 1 is 0.955 bits per heavy atom. The van der Waals surface area contributed by atoms with Crippen LogP contribution in [0.1, 0.15) is 23.2 Å². The molecule has 2 unspecified atom stereocenters. The van der Waals surface area contributed by atoms with Gasteiger partial charge in [-0.15, -0.1) is 0 Å². The van der Waals surface area contributed by atoms with Gasteiger partial charge in [-0.1, -0.05) is 30.3 Å². The summed E-state index contributed by atoms with van der Waals surface area (Å²) in [7, 11) is 0. The summed E-state index contributed by atoms with van der Waals surface area (Å²) in [5, 5.41) is 0. The van der Waals surface area contributed by atoms with Crippen molar-refractivity contribution in [3.05, 3.63) is 65.5 Å². The number of aryl methyl sites for hydroxylation is 1. The Morgan fingerprint density at radius 3 is 2.36 bits per heavy atom. The summed E-state index contributed by atoms with van der Waals surface area (Å²) in [5.41, 5.74) is 4.09. The predicted molar refractivity (Wildman–Crippen MR) is 88.4 cm³/mol. The number of aromatic nitrogens is 1. The van der Waals surface area contributed by atoms with Crippen molar-refractivity contribution in [3.63, 3.8) is 0 Å². The smallest absolute Gasteiger partial charge is 0.0544 e. The van der Waals surface area contributed by atoms with Crippen molar-refractivity contribution in [1.82, 2.24) is 14.8 Å². The van der Waals surface area contributed by atoms with Crippen LogP contribution < -0.4 is 0 Å². The lowest BCUT2D eigenvalue weighted by atomic mass is 10.1. The molecule has 2 saturated heterocycles. The Labute approximate surface area is 132 Å². The fourth-order valence-electron chi connectivity index (χ4n) is 3.93.